The van der Waals surface area contributed by atoms with Crippen molar-refractivity contribution in [3.05, 3.63) is 54.1 Å². The summed E-state index contributed by atoms with van der Waals surface area (Å²) in [4.78, 5) is 33.5. The van der Waals surface area contributed by atoms with E-state index in [1.54, 1.807) is 7.05 Å². The predicted molar refractivity (Wildman–Crippen MR) is 121 cm³/mol. The number of fused-ring (bicyclic) bond motifs is 1. The van der Waals surface area contributed by atoms with Crippen LogP contribution >= 0.6 is 0 Å². The van der Waals surface area contributed by atoms with Gasteiger partial charge in [-0.2, -0.15) is 4.98 Å². The third-order valence-electron chi connectivity index (χ3n) is 5.83. The first-order valence-electron chi connectivity index (χ1n) is 10.8. The van der Waals surface area contributed by atoms with E-state index in [4.69, 9.17) is 4.42 Å². The highest BCUT2D eigenvalue weighted by Gasteiger charge is 2.29. The Morgan fingerprint density at radius 2 is 1.84 bits per heavy atom. The number of piperidine rings is 1. The smallest absolute Gasteiger partial charge is 0.298 e. The first kappa shape index (κ1) is 20.9. The van der Waals surface area contributed by atoms with E-state index < -0.39 is 0 Å². The summed E-state index contributed by atoms with van der Waals surface area (Å²) in [6, 6.07) is 16.0. The molecule has 0 spiro atoms. The van der Waals surface area contributed by atoms with Gasteiger partial charge in [0, 0.05) is 31.7 Å². The fourth-order valence-corrected chi connectivity index (χ4v) is 4.06. The third kappa shape index (κ3) is 4.71. The standard InChI is InChI=1S/C24H28N4O3/c1-3-17-8-4-5-9-19(17)25-22(29)16-27(2)23(30)18-12-14-28(15-13-18)24-26-20-10-6-7-11-21(20)31-24/h4-11,18H,3,12-16H2,1-2H3,(H,25,29). The number of para-hydroxylation sites is 3. The van der Waals surface area contributed by atoms with Crippen molar-refractivity contribution >= 4 is 34.6 Å². The second-order valence-corrected chi connectivity index (χ2v) is 7.98. The van der Waals surface area contributed by atoms with E-state index in [-0.39, 0.29) is 24.3 Å². The molecule has 31 heavy (non-hydrogen) atoms. The van der Waals surface area contributed by atoms with Crippen LogP contribution in [0.2, 0.25) is 0 Å². The number of benzene rings is 2. The highest BCUT2D eigenvalue weighted by molar-refractivity contribution is 5.95. The molecule has 1 aromatic heterocycles. The van der Waals surface area contributed by atoms with Crippen molar-refractivity contribution in [1.82, 2.24) is 9.88 Å². The molecule has 2 amide bonds. The monoisotopic (exact) mass is 420 g/mol. The number of likely N-dealkylation sites (N-methyl/N-ethyl adjacent to an activating group) is 1. The minimum absolute atomic E-state index is 0.0103. The molecule has 1 N–H and O–H groups in total. The maximum Gasteiger partial charge on any atom is 0.298 e. The molecule has 7 heteroatoms. The van der Waals surface area contributed by atoms with Gasteiger partial charge in [-0.15, -0.1) is 0 Å². The van der Waals surface area contributed by atoms with Crippen molar-refractivity contribution in [2.45, 2.75) is 26.2 Å². The van der Waals surface area contributed by atoms with Crippen molar-refractivity contribution in [2.24, 2.45) is 5.92 Å². The number of hydrogen-bond acceptors (Lipinski definition) is 5. The van der Waals surface area contributed by atoms with Crippen LogP contribution in [0, 0.1) is 5.92 Å². The zero-order valence-electron chi connectivity index (χ0n) is 18.0. The van der Waals surface area contributed by atoms with E-state index >= 15 is 0 Å². The first-order valence-corrected chi connectivity index (χ1v) is 10.8. The van der Waals surface area contributed by atoms with Crippen LogP contribution in [-0.4, -0.2) is 48.4 Å². The molecule has 1 aliphatic heterocycles. The Hall–Kier alpha value is -3.35. The Labute approximate surface area is 182 Å². The molecular formula is C24H28N4O3. The van der Waals surface area contributed by atoms with E-state index in [1.165, 1.54) is 4.90 Å². The predicted octanol–water partition coefficient (Wildman–Crippen LogP) is 3.70. The second-order valence-electron chi connectivity index (χ2n) is 7.98. The summed E-state index contributed by atoms with van der Waals surface area (Å²) >= 11 is 0. The molecule has 1 saturated heterocycles. The summed E-state index contributed by atoms with van der Waals surface area (Å²) in [7, 11) is 1.70. The Balaban J connectivity index is 1.30. The molecule has 2 heterocycles. The van der Waals surface area contributed by atoms with Crippen LogP contribution < -0.4 is 10.2 Å². The van der Waals surface area contributed by atoms with Gasteiger partial charge in [-0.1, -0.05) is 37.3 Å². The number of rotatable bonds is 6. The first-order chi connectivity index (χ1) is 15.0. The van der Waals surface area contributed by atoms with Gasteiger partial charge in [0.25, 0.3) is 6.01 Å². The summed E-state index contributed by atoms with van der Waals surface area (Å²) in [5.74, 6) is -0.266. The average Bonchev–Trinajstić information content (AvgIpc) is 3.23. The molecule has 0 atom stereocenters. The van der Waals surface area contributed by atoms with Crippen molar-refractivity contribution in [1.29, 1.82) is 0 Å². The normalized spacial score (nSPS) is 14.6. The molecule has 0 unspecified atom stereocenters. The zero-order valence-corrected chi connectivity index (χ0v) is 18.0. The Kier molecular flexibility index (Phi) is 6.21. The van der Waals surface area contributed by atoms with Crippen LogP contribution in [0.25, 0.3) is 11.1 Å². The third-order valence-corrected chi connectivity index (χ3v) is 5.83. The molecule has 1 fully saturated rings. The number of carbonyl (C=O) groups is 2. The minimum atomic E-state index is -0.180. The van der Waals surface area contributed by atoms with Gasteiger partial charge in [0.05, 0.1) is 6.54 Å². The fourth-order valence-electron chi connectivity index (χ4n) is 4.06. The molecule has 4 rings (SSSR count). The molecule has 1 aliphatic rings. The number of nitrogens with one attached hydrogen (secondary N) is 1. The lowest BCUT2D eigenvalue weighted by molar-refractivity contribution is -0.137. The number of oxazole rings is 1. The number of nitrogens with zero attached hydrogens (tertiary/aromatic N) is 3. The van der Waals surface area contributed by atoms with Crippen LogP contribution in [0.15, 0.2) is 52.9 Å². The van der Waals surface area contributed by atoms with E-state index in [0.29, 0.717) is 31.9 Å². The number of carbonyl (C=O) groups excluding carboxylic acids is 2. The maximum absolute atomic E-state index is 12.9. The minimum Gasteiger partial charge on any atom is -0.423 e. The molecule has 7 nitrogen and oxygen atoms in total. The highest BCUT2D eigenvalue weighted by Crippen LogP contribution is 2.27. The fraction of sp³-hybridized carbons (Fsp3) is 0.375. The number of anilines is 2. The maximum atomic E-state index is 12.9. The number of aryl methyl sites for hydroxylation is 1. The average molecular weight is 421 g/mol. The molecule has 0 radical (unpaired) electrons. The Bertz CT molecular complexity index is 1040. The van der Waals surface area contributed by atoms with Gasteiger partial charge >= 0.3 is 0 Å². The van der Waals surface area contributed by atoms with E-state index in [0.717, 1.165) is 28.8 Å². The molecule has 0 aliphatic carbocycles. The molecule has 0 bridgehead atoms. The van der Waals surface area contributed by atoms with Crippen LogP contribution in [0.4, 0.5) is 11.7 Å². The van der Waals surface area contributed by atoms with Crippen LogP contribution in [-0.2, 0) is 16.0 Å². The summed E-state index contributed by atoms with van der Waals surface area (Å²) < 4.78 is 5.85. The van der Waals surface area contributed by atoms with E-state index in [9.17, 15) is 9.59 Å². The summed E-state index contributed by atoms with van der Waals surface area (Å²) in [5, 5.41) is 2.93. The van der Waals surface area contributed by atoms with Gasteiger partial charge in [0.1, 0.15) is 5.52 Å². The Morgan fingerprint density at radius 1 is 1.13 bits per heavy atom. The lowest BCUT2D eigenvalue weighted by atomic mass is 9.95. The lowest BCUT2D eigenvalue weighted by Crippen LogP contribution is -2.43. The summed E-state index contributed by atoms with van der Waals surface area (Å²) in [6.45, 7) is 3.50. The molecule has 0 saturated carbocycles. The summed E-state index contributed by atoms with van der Waals surface area (Å²) in [5.41, 5.74) is 3.50. The molecule has 2 aromatic carbocycles. The number of hydrogen-bond donors (Lipinski definition) is 1. The largest absolute Gasteiger partial charge is 0.423 e. The van der Waals surface area contributed by atoms with Gasteiger partial charge in [0.15, 0.2) is 5.58 Å². The second kappa shape index (κ2) is 9.20. The lowest BCUT2D eigenvalue weighted by Gasteiger charge is -2.32. The zero-order chi connectivity index (χ0) is 21.8. The number of amides is 2. The van der Waals surface area contributed by atoms with Crippen LogP contribution in [0.5, 0.6) is 0 Å². The molecular weight excluding hydrogens is 392 g/mol. The summed E-state index contributed by atoms with van der Waals surface area (Å²) in [6.07, 6.45) is 2.26. The SMILES string of the molecule is CCc1ccccc1NC(=O)CN(C)C(=O)C1CCN(c2nc3ccccc3o2)CC1. The van der Waals surface area contributed by atoms with Gasteiger partial charge < -0.3 is 19.5 Å². The van der Waals surface area contributed by atoms with Gasteiger partial charge in [-0.3, -0.25) is 9.59 Å². The van der Waals surface area contributed by atoms with Crippen molar-refractivity contribution in [3.63, 3.8) is 0 Å². The molecule has 3 aromatic rings. The van der Waals surface area contributed by atoms with Gasteiger partial charge in [0.2, 0.25) is 11.8 Å². The van der Waals surface area contributed by atoms with Crippen molar-refractivity contribution in [2.75, 3.05) is 36.9 Å². The quantitative estimate of drug-likeness (QED) is 0.658. The van der Waals surface area contributed by atoms with E-state index in [1.807, 2.05) is 55.5 Å². The van der Waals surface area contributed by atoms with Gasteiger partial charge in [-0.05, 0) is 43.0 Å². The van der Waals surface area contributed by atoms with Crippen LogP contribution in [0.3, 0.4) is 0 Å². The molecule has 162 valence electrons. The number of aromatic nitrogens is 1. The highest BCUT2D eigenvalue weighted by atomic mass is 16.4. The van der Waals surface area contributed by atoms with Crippen molar-refractivity contribution in [3.8, 4) is 0 Å². The van der Waals surface area contributed by atoms with Crippen LogP contribution in [0.1, 0.15) is 25.3 Å². The van der Waals surface area contributed by atoms with Crippen molar-refractivity contribution < 1.29 is 14.0 Å². The van der Waals surface area contributed by atoms with Gasteiger partial charge in [-0.25, -0.2) is 0 Å². The topological polar surface area (TPSA) is 78.7 Å². The van der Waals surface area contributed by atoms with E-state index in [2.05, 4.69) is 15.2 Å². The Morgan fingerprint density at radius 3 is 2.58 bits per heavy atom.